The summed E-state index contributed by atoms with van der Waals surface area (Å²) in [5, 5.41) is 3.24. The third-order valence-electron chi connectivity index (χ3n) is 2.15. The summed E-state index contributed by atoms with van der Waals surface area (Å²) in [6, 6.07) is 0. The summed E-state index contributed by atoms with van der Waals surface area (Å²) in [6.45, 7) is 7.33. The zero-order chi connectivity index (χ0) is 10.8. The molecular formula is C10H18N2O2. The van der Waals surface area contributed by atoms with Crippen molar-refractivity contribution in [3.63, 3.8) is 0 Å². The molecule has 4 nitrogen and oxygen atoms in total. The largest absolute Gasteiger partial charge is 0.310 e. The predicted octanol–water partition coefficient (Wildman–Crippen LogP) is 0.523. The van der Waals surface area contributed by atoms with Crippen molar-refractivity contribution in [2.45, 2.75) is 39.2 Å². The molecule has 1 N–H and O–H groups in total. The first-order chi connectivity index (χ1) is 6.40. The van der Waals surface area contributed by atoms with Crippen molar-refractivity contribution >= 4 is 11.8 Å². The van der Waals surface area contributed by atoms with Gasteiger partial charge in [0.25, 0.3) is 0 Å². The van der Waals surface area contributed by atoms with Crippen LogP contribution in [-0.4, -0.2) is 35.3 Å². The van der Waals surface area contributed by atoms with Crippen molar-refractivity contribution in [3.8, 4) is 0 Å². The number of rotatable bonds is 3. The monoisotopic (exact) mass is 198 g/mol. The Labute approximate surface area is 84.7 Å². The lowest BCUT2D eigenvalue weighted by molar-refractivity contribution is -0.138. The minimum Gasteiger partial charge on any atom is -0.310 e. The SMILES string of the molecule is CC(C)(C)NCCN1C(=O)CCC1=O. The van der Waals surface area contributed by atoms with Crippen LogP contribution < -0.4 is 5.32 Å². The van der Waals surface area contributed by atoms with Gasteiger partial charge in [0.1, 0.15) is 0 Å². The molecule has 0 atom stereocenters. The fourth-order valence-corrected chi connectivity index (χ4v) is 1.41. The second-order valence-electron chi connectivity index (χ2n) is 4.62. The Balaban J connectivity index is 2.31. The number of nitrogens with zero attached hydrogens (tertiary/aromatic N) is 1. The van der Waals surface area contributed by atoms with E-state index in [1.165, 1.54) is 4.90 Å². The molecule has 1 aliphatic rings. The van der Waals surface area contributed by atoms with E-state index in [9.17, 15) is 9.59 Å². The van der Waals surface area contributed by atoms with E-state index in [0.717, 1.165) is 0 Å². The number of likely N-dealkylation sites (tertiary alicyclic amines) is 1. The smallest absolute Gasteiger partial charge is 0.229 e. The standard InChI is InChI=1S/C10H18N2O2/c1-10(2,3)11-6-7-12-8(13)4-5-9(12)14/h11H,4-7H2,1-3H3. The van der Waals surface area contributed by atoms with Gasteiger partial charge in [-0.05, 0) is 20.8 Å². The molecule has 14 heavy (non-hydrogen) atoms. The molecule has 1 heterocycles. The van der Waals surface area contributed by atoms with Gasteiger partial charge in [0, 0.05) is 31.5 Å². The van der Waals surface area contributed by atoms with E-state index in [4.69, 9.17) is 0 Å². The van der Waals surface area contributed by atoms with Crippen LogP contribution >= 0.6 is 0 Å². The second kappa shape index (κ2) is 4.09. The first kappa shape index (κ1) is 11.2. The molecule has 0 bridgehead atoms. The third-order valence-corrected chi connectivity index (χ3v) is 2.15. The number of hydrogen-bond acceptors (Lipinski definition) is 3. The molecular weight excluding hydrogens is 180 g/mol. The minimum absolute atomic E-state index is 0.0336. The van der Waals surface area contributed by atoms with Crippen LogP contribution in [-0.2, 0) is 9.59 Å². The zero-order valence-corrected chi connectivity index (χ0v) is 9.09. The van der Waals surface area contributed by atoms with Gasteiger partial charge >= 0.3 is 0 Å². The van der Waals surface area contributed by atoms with Crippen molar-refractivity contribution in [2.24, 2.45) is 0 Å². The van der Waals surface area contributed by atoms with Crippen LogP contribution in [0.3, 0.4) is 0 Å². The highest BCUT2D eigenvalue weighted by atomic mass is 16.2. The predicted molar refractivity (Wildman–Crippen MR) is 53.7 cm³/mol. The summed E-state index contributed by atoms with van der Waals surface area (Å²) < 4.78 is 0. The van der Waals surface area contributed by atoms with E-state index in [-0.39, 0.29) is 17.4 Å². The molecule has 1 aliphatic heterocycles. The number of hydrogen-bond donors (Lipinski definition) is 1. The summed E-state index contributed by atoms with van der Waals surface area (Å²) in [6.07, 6.45) is 0.767. The molecule has 2 amide bonds. The average molecular weight is 198 g/mol. The molecule has 1 rings (SSSR count). The van der Waals surface area contributed by atoms with Gasteiger partial charge in [0.05, 0.1) is 0 Å². The molecule has 0 aromatic carbocycles. The molecule has 0 aromatic heterocycles. The Kier molecular flexibility index (Phi) is 3.26. The quantitative estimate of drug-likeness (QED) is 0.673. The van der Waals surface area contributed by atoms with E-state index < -0.39 is 0 Å². The molecule has 1 fully saturated rings. The normalized spacial score (nSPS) is 18.1. The Bertz CT molecular complexity index is 227. The molecule has 0 aromatic rings. The zero-order valence-electron chi connectivity index (χ0n) is 9.09. The van der Waals surface area contributed by atoms with E-state index in [1.807, 2.05) is 0 Å². The number of amides is 2. The maximum atomic E-state index is 11.2. The van der Waals surface area contributed by atoms with Gasteiger partial charge < -0.3 is 5.32 Å². The van der Waals surface area contributed by atoms with Crippen molar-refractivity contribution in [1.29, 1.82) is 0 Å². The number of carbonyl (C=O) groups excluding carboxylic acids is 2. The van der Waals surface area contributed by atoms with E-state index in [2.05, 4.69) is 26.1 Å². The average Bonchev–Trinajstić information content (AvgIpc) is 2.33. The van der Waals surface area contributed by atoms with Gasteiger partial charge in [0.15, 0.2) is 0 Å². The summed E-state index contributed by atoms with van der Waals surface area (Å²) in [4.78, 5) is 23.8. The van der Waals surface area contributed by atoms with Gasteiger partial charge in [-0.1, -0.05) is 0 Å². The van der Waals surface area contributed by atoms with Crippen LogP contribution in [0.5, 0.6) is 0 Å². The highest BCUT2D eigenvalue weighted by Gasteiger charge is 2.28. The van der Waals surface area contributed by atoms with Crippen molar-refractivity contribution in [2.75, 3.05) is 13.1 Å². The van der Waals surface area contributed by atoms with Crippen molar-refractivity contribution in [3.05, 3.63) is 0 Å². The van der Waals surface area contributed by atoms with Crippen LogP contribution in [0.15, 0.2) is 0 Å². The van der Waals surface area contributed by atoms with Gasteiger partial charge in [-0.15, -0.1) is 0 Å². The first-order valence-corrected chi connectivity index (χ1v) is 4.98. The highest BCUT2D eigenvalue weighted by molar-refractivity contribution is 6.01. The van der Waals surface area contributed by atoms with Gasteiger partial charge in [-0.3, -0.25) is 14.5 Å². The Morgan fingerprint density at radius 1 is 1.21 bits per heavy atom. The van der Waals surface area contributed by atoms with Gasteiger partial charge in [0.2, 0.25) is 11.8 Å². The highest BCUT2D eigenvalue weighted by Crippen LogP contribution is 2.10. The number of nitrogens with one attached hydrogen (secondary N) is 1. The summed E-state index contributed by atoms with van der Waals surface area (Å²) >= 11 is 0. The van der Waals surface area contributed by atoms with Gasteiger partial charge in [-0.25, -0.2) is 0 Å². The maximum Gasteiger partial charge on any atom is 0.229 e. The lowest BCUT2D eigenvalue weighted by Gasteiger charge is -2.22. The second-order valence-corrected chi connectivity index (χ2v) is 4.62. The number of imide groups is 1. The topological polar surface area (TPSA) is 49.4 Å². The lowest BCUT2D eigenvalue weighted by Crippen LogP contribution is -2.42. The van der Waals surface area contributed by atoms with E-state index in [1.54, 1.807) is 0 Å². The van der Waals surface area contributed by atoms with Crippen LogP contribution in [0.25, 0.3) is 0 Å². The van der Waals surface area contributed by atoms with E-state index >= 15 is 0 Å². The molecule has 0 saturated carbocycles. The molecule has 0 radical (unpaired) electrons. The molecule has 0 unspecified atom stereocenters. The molecule has 0 spiro atoms. The molecule has 80 valence electrons. The fourth-order valence-electron chi connectivity index (χ4n) is 1.41. The number of carbonyl (C=O) groups is 2. The summed E-state index contributed by atoms with van der Waals surface area (Å²) in [5.74, 6) is -0.0728. The fraction of sp³-hybridized carbons (Fsp3) is 0.800. The summed E-state index contributed by atoms with van der Waals surface area (Å²) in [5.41, 5.74) is 0.0336. The Morgan fingerprint density at radius 3 is 2.14 bits per heavy atom. The van der Waals surface area contributed by atoms with Crippen LogP contribution in [0.4, 0.5) is 0 Å². The van der Waals surface area contributed by atoms with Crippen LogP contribution in [0, 0.1) is 0 Å². The van der Waals surface area contributed by atoms with Crippen LogP contribution in [0.1, 0.15) is 33.6 Å². The Hall–Kier alpha value is -0.900. The first-order valence-electron chi connectivity index (χ1n) is 4.98. The van der Waals surface area contributed by atoms with Gasteiger partial charge in [-0.2, -0.15) is 0 Å². The molecule has 1 saturated heterocycles. The Morgan fingerprint density at radius 2 is 1.71 bits per heavy atom. The molecule has 4 heteroatoms. The molecule has 0 aliphatic carbocycles. The van der Waals surface area contributed by atoms with E-state index in [0.29, 0.717) is 25.9 Å². The third kappa shape index (κ3) is 3.10. The van der Waals surface area contributed by atoms with Crippen molar-refractivity contribution < 1.29 is 9.59 Å². The lowest BCUT2D eigenvalue weighted by atomic mass is 10.1. The maximum absolute atomic E-state index is 11.2. The van der Waals surface area contributed by atoms with Crippen LogP contribution in [0.2, 0.25) is 0 Å². The summed E-state index contributed by atoms with van der Waals surface area (Å²) in [7, 11) is 0. The minimum atomic E-state index is -0.0364. The van der Waals surface area contributed by atoms with Crippen molar-refractivity contribution in [1.82, 2.24) is 10.2 Å².